The lowest BCUT2D eigenvalue weighted by molar-refractivity contribution is 0.116. The van der Waals surface area contributed by atoms with Gasteiger partial charge in [-0.15, -0.1) is 5.10 Å². The van der Waals surface area contributed by atoms with Gasteiger partial charge in [-0.3, -0.25) is 0 Å². The minimum Gasteiger partial charge on any atom is -0.496 e. The zero-order valence-corrected chi connectivity index (χ0v) is 16.1. The van der Waals surface area contributed by atoms with Gasteiger partial charge >= 0.3 is 0 Å². The average Bonchev–Trinajstić information content (AvgIpc) is 3.23. The van der Waals surface area contributed by atoms with Crippen LogP contribution in [-0.2, 0) is 4.74 Å². The van der Waals surface area contributed by atoms with E-state index in [1.54, 1.807) is 23.9 Å². The van der Waals surface area contributed by atoms with E-state index in [1.807, 2.05) is 0 Å². The van der Waals surface area contributed by atoms with E-state index < -0.39 is 0 Å². The molecule has 0 spiro atoms. The maximum atomic E-state index is 13.5. The highest BCUT2D eigenvalue weighted by molar-refractivity contribution is 7.20. The van der Waals surface area contributed by atoms with Crippen molar-refractivity contribution in [1.29, 1.82) is 0 Å². The highest BCUT2D eigenvalue weighted by Gasteiger charge is 2.32. The summed E-state index contributed by atoms with van der Waals surface area (Å²) in [7, 11) is 3.21. The number of aromatic nitrogens is 3. The Balaban J connectivity index is 1.62. The third kappa shape index (κ3) is 3.38. The molecule has 0 radical (unpaired) electrons. The molecular formula is C18H22FN5O2S. The van der Waals surface area contributed by atoms with Gasteiger partial charge in [0.25, 0.3) is 0 Å². The number of imidazole rings is 1. The van der Waals surface area contributed by atoms with Crippen LogP contribution in [0.15, 0.2) is 24.4 Å². The molecule has 1 aliphatic rings. The lowest BCUT2D eigenvalue weighted by Crippen LogP contribution is -2.53. The second-order valence-corrected chi connectivity index (χ2v) is 7.78. The lowest BCUT2D eigenvalue weighted by atomic mass is 9.90. The van der Waals surface area contributed by atoms with E-state index in [-0.39, 0.29) is 11.4 Å². The second-order valence-electron chi connectivity index (χ2n) is 6.85. The van der Waals surface area contributed by atoms with Crippen molar-refractivity contribution in [2.75, 3.05) is 38.8 Å². The van der Waals surface area contributed by atoms with E-state index in [1.165, 1.54) is 30.6 Å². The number of rotatable bonds is 5. The number of fused-ring (bicyclic) bond motifs is 1. The maximum Gasteiger partial charge on any atom is 0.214 e. The first-order valence-electron chi connectivity index (χ1n) is 8.74. The minimum absolute atomic E-state index is 0.269. The molecule has 2 aromatic heterocycles. The van der Waals surface area contributed by atoms with Gasteiger partial charge in [-0.05, 0) is 25.0 Å². The van der Waals surface area contributed by atoms with Crippen LogP contribution in [0.25, 0.3) is 16.2 Å². The van der Waals surface area contributed by atoms with Crippen LogP contribution in [0.3, 0.4) is 0 Å². The number of hydrogen-bond acceptors (Lipinski definition) is 7. The highest BCUT2D eigenvalue weighted by Crippen LogP contribution is 2.34. The topological polar surface area (TPSA) is 77.9 Å². The Bertz CT molecular complexity index is 949. The summed E-state index contributed by atoms with van der Waals surface area (Å²) in [4.78, 5) is 7.48. The molecule has 1 aliphatic heterocycles. The van der Waals surface area contributed by atoms with E-state index in [4.69, 9.17) is 20.3 Å². The molecule has 3 heterocycles. The quantitative estimate of drug-likeness (QED) is 0.720. The molecule has 4 rings (SSSR count). The molecule has 3 aromatic rings. The van der Waals surface area contributed by atoms with Crippen LogP contribution >= 0.6 is 11.3 Å². The van der Waals surface area contributed by atoms with E-state index in [0.29, 0.717) is 12.4 Å². The summed E-state index contributed by atoms with van der Waals surface area (Å²) in [5.41, 5.74) is 7.63. The van der Waals surface area contributed by atoms with E-state index in [0.717, 1.165) is 47.3 Å². The van der Waals surface area contributed by atoms with Crippen molar-refractivity contribution in [3.8, 4) is 17.0 Å². The van der Waals surface area contributed by atoms with Crippen LogP contribution in [0.1, 0.15) is 12.8 Å². The van der Waals surface area contributed by atoms with Crippen LogP contribution in [0.4, 0.5) is 9.52 Å². The predicted molar refractivity (Wildman–Crippen MR) is 103 cm³/mol. The number of benzene rings is 1. The number of anilines is 1. The normalized spacial score (nSPS) is 16.8. The minimum atomic E-state index is -0.343. The summed E-state index contributed by atoms with van der Waals surface area (Å²) in [5, 5.41) is 5.64. The zero-order chi connectivity index (χ0) is 19.0. The summed E-state index contributed by atoms with van der Waals surface area (Å²) < 4.78 is 25.9. The van der Waals surface area contributed by atoms with Crippen LogP contribution in [0, 0.1) is 5.82 Å². The number of nitrogens with two attached hydrogens (primary N) is 1. The molecule has 27 heavy (non-hydrogen) atoms. The molecule has 7 nitrogen and oxygen atoms in total. The molecule has 0 unspecified atom stereocenters. The molecule has 9 heteroatoms. The van der Waals surface area contributed by atoms with Gasteiger partial charge in [0.15, 0.2) is 0 Å². The molecule has 0 aliphatic carbocycles. The molecule has 1 aromatic carbocycles. The van der Waals surface area contributed by atoms with Gasteiger partial charge in [0, 0.05) is 37.4 Å². The number of ether oxygens (including phenoxy) is 2. The number of methoxy groups -OCH3 is 2. The van der Waals surface area contributed by atoms with E-state index >= 15 is 0 Å². The van der Waals surface area contributed by atoms with Crippen molar-refractivity contribution in [2.45, 2.75) is 18.4 Å². The predicted octanol–water partition coefficient (Wildman–Crippen LogP) is 2.55. The summed E-state index contributed by atoms with van der Waals surface area (Å²) in [6, 6.07) is 4.46. The monoisotopic (exact) mass is 391 g/mol. The molecule has 0 amide bonds. The summed E-state index contributed by atoms with van der Waals surface area (Å²) in [6.07, 6.45) is 3.43. The maximum absolute atomic E-state index is 13.5. The Labute approximate surface area is 160 Å². The first-order valence-corrected chi connectivity index (χ1v) is 9.56. The Morgan fingerprint density at radius 1 is 1.30 bits per heavy atom. The fourth-order valence-corrected chi connectivity index (χ4v) is 4.37. The molecule has 2 N–H and O–H groups in total. The van der Waals surface area contributed by atoms with Gasteiger partial charge < -0.3 is 20.1 Å². The Hall–Kier alpha value is -2.23. The number of piperidine rings is 1. The summed E-state index contributed by atoms with van der Waals surface area (Å²) in [6.45, 7) is 2.22. The largest absolute Gasteiger partial charge is 0.496 e. The van der Waals surface area contributed by atoms with Gasteiger partial charge in [-0.2, -0.15) is 0 Å². The first-order chi connectivity index (χ1) is 13.0. The molecule has 0 saturated carbocycles. The highest BCUT2D eigenvalue weighted by atomic mass is 32.1. The fraction of sp³-hybridized carbons (Fsp3) is 0.444. The van der Waals surface area contributed by atoms with Crippen LogP contribution in [-0.4, -0.2) is 54.1 Å². The molecule has 1 saturated heterocycles. The Kier molecular flexibility index (Phi) is 4.75. The third-order valence-electron chi connectivity index (χ3n) is 4.98. The Morgan fingerprint density at radius 3 is 2.78 bits per heavy atom. The fourth-order valence-electron chi connectivity index (χ4n) is 3.45. The van der Waals surface area contributed by atoms with Crippen molar-refractivity contribution in [2.24, 2.45) is 5.73 Å². The van der Waals surface area contributed by atoms with Crippen molar-refractivity contribution in [3.05, 3.63) is 30.2 Å². The third-order valence-corrected chi connectivity index (χ3v) is 5.96. The molecule has 0 atom stereocenters. The van der Waals surface area contributed by atoms with Crippen molar-refractivity contribution < 1.29 is 13.9 Å². The summed E-state index contributed by atoms with van der Waals surface area (Å²) >= 11 is 1.53. The smallest absolute Gasteiger partial charge is 0.214 e. The van der Waals surface area contributed by atoms with Gasteiger partial charge in [0.2, 0.25) is 10.1 Å². The number of hydrogen-bond donors (Lipinski definition) is 1. The van der Waals surface area contributed by atoms with Gasteiger partial charge in [-0.25, -0.2) is 13.9 Å². The number of nitrogens with zero attached hydrogens (tertiary/aromatic N) is 4. The van der Waals surface area contributed by atoms with Crippen molar-refractivity contribution in [1.82, 2.24) is 14.6 Å². The van der Waals surface area contributed by atoms with Gasteiger partial charge in [0.05, 0.1) is 25.6 Å². The molecule has 1 fully saturated rings. The van der Waals surface area contributed by atoms with Crippen LogP contribution in [0.2, 0.25) is 0 Å². The number of halogens is 1. The molecular weight excluding hydrogens is 369 g/mol. The molecule has 0 bridgehead atoms. The van der Waals surface area contributed by atoms with Gasteiger partial charge in [0.1, 0.15) is 11.6 Å². The second kappa shape index (κ2) is 7.06. The van der Waals surface area contributed by atoms with Crippen molar-refractivity contribution >= 4 is 21.4 Å². The van der Waals surface area contributed by atoms with Crippen molar-refractivity contribution in [3.63, 3.8) is 0 Å². The standard InChI is InChI=1S/C18H22FN5O2S/c1-25-11-18(20)5-7-23(8-6-18)17-22-24-14(10-21-16(24)27-17)13-4-3-12(19)9-15(13)26-2/h3-4,9-10H,5-8,11,20H2,1-2H3. The SMILES string of the molecule is COCC1(N)CCN(c2nn3c(-c4ccc(F)cc4OC)cnc3s2)CC1. The van der Waals surface area contributed by atoms with Crippen LogP contribution in [0.5, 0.6) is 5.75 Å². The van der Waals surface area contributed by atoms with Crippen LogP contribution < -0.4 is 15.4 Å². The summed E-state index contributed by atoms with van der Waals surface area (Å²) in [5.74, 6) is 0.113. The average molecular weight is 391 g/mol. The zero-order valence-electron chi connectivity index (χ0n) is 15.3. The molecule has 144 valence electrons. The van der Waals surface area contributed by atoms with E-state index in [9.17, 15) is 4.39 Å². The Morgan fingerprint density at radius 2 is 2.07 bits per heavy atom. The lowest BCUT2D eigenvalue weighted by Gasteiger charge is -2.38. The van der Waals surface area contributed by atoms with E-state index in [2.05, 4.69) is 9.88 Å². The van der Waals surface area contributed by atoms with Gasteiger partial charge in [-0.1, -0.05) is 11.3 Å². The first kappa shape index (κ1) is 18.1.